The van der Waals surface area contributed by atoms with Gasteiger partial charge in [0.25, 0.3) is 0 Å². The molecule has 0 saturated carbocycles. The van der Waals surface area contributed by atoms with Crippen LogP contribution in [0.1, 0.15) is 26.2 Å². The Morgan fingerprint density at radius 1 is 1.44 bits per heavy atom. The number of hydrogen-bond donors (Lipinski definition) is 1. The van der Waals surface area contributed by atoms with Crippen LogP contribution in [0.5, 0.6) is 0 Å². The number of nitriles is 1. The zero-order valence-electron chi connectivity index (χ0n) is 9.65. The number of nitrogens with one attached hydrogen (secondary N) is 1. The minimum absolute atomic E-state index is 0.0477. The van der Waals surface area contributed by atoms with Crippen molar-refractivity contribution in [1.82, 2.24) is 9.62 Å². The van der Waals surface area contributed by atoms with E-state index in [9.17, 15) is 8.42 Å². The van der Waals surface area contributed by atoms with Crippen LogP contribution in [-0.4, -0.2) is 44.7 Å². The lowest BCUT2D eigenvalue weighted by Gasteiger charge is -2.30. The molecule has 92 valence electrons. The Bertz CT molecular complexity index is 340. The minimum atomic E-state index is -3.09. The van der Waals surface area contributed by atoms with Gasteiger partial charge in [-0.2, -0.15) is 5.26 Å². The van der Waals surface area contributed by atoms with Crippen molar-refractivity contribution in [2.24, 2.45) is 0 Å². The van der Waals surface area contributed by atoms with E-state index in [4.69, 9.17) is 5.26 Å². The number of rotatable bonds is 5. The molecule has 6 heteroatoms. The van der Waals surface area contributed by atoms with Crippen molar-refractivity contribution in [2.75, 3.05) is 25.4 Å². The van der Waals surface area contributed by atoms with Gasteiger partial charge in [-0.05, 0) is 19.3 Å². The number of sulfonamides is 1. The fraction of sp³-hybridized carbons (Fsp3) is 0.900. The van der Waals surface area contributed by atoms with Crippen molar-refractivity contribution in [2.45, 2.75) is 32.2 Å². The number of piperidine rings is 1. The van der Waals surface area contributed by atoms with Gasteiger partial charge in [0.1, 0.15) is 0 Å². The maximum atomic E-state index is 11.5. The summed E-state index contributed by atoms with van der Waals surface area (Å²) in [5, 5.41) is 8.54. The summed E-state index contributed by atoms with van der Waals surface area (Å²) in [6.07, 6.45) is 2.23. The molecule has 0 amide bonds. The van der Waals surface area contributed by atoms with Gasteiger partial charge in [0.05, 0.1) is 18.4 Å². The molecule has 1 fully saturated rings. The van der Waals surface area contributed by atoms with E-state index in [0.29, 0.717) is 13.0 Å². The zero-order valence-corrected chi connectivity index (χ0v) is 10.5. The van der Waals surface area contributed by atoms with E-state index in [-0.39, 0.29) is 11.8 Å². The van der Waals surface area contributed by atoms with Crippen LogP contribution in [0.3, 0.4) is 0 Å². The van der Waals surface area contributed by atoms with E-state index in [0.717, 1.165) is 25.9 Å². The van der Waals surface area contributed by atoms with E-state index in [1.165, 1.54) is 0 Å². The summed E-state index contributed by atoms with van der Waals surface area (Å²) in [6, 6.07) is 2.16. The molecule has 1 aliphatic heterocycles. The Hall–Kier alpha value is -0.640. The van der Waals surface area contributed by atoms with E-state index < -0.39 is 10.0 Å². The second kappa shape index (κ2) is 6.18. The molecule has 0 aromatic heterocycles. The third-order valence-electron chi connectivity index (χ3n) is 2.70. The second-order valence-corrected chi connectivity index (χ2v) is 6.02. The van der Waals surface area contributed by atoms with Gasteiger partial charge in [-0.25, -0.2) is 13.1 Å². The SMILES string of the molecule is CCCS(=O)(=O)NC1CCN(CC#N)CC1. The topological polar surface area (TPSA) is 73.2 Å². The van der Waals surface area contributed by atoms with Crippen LogP contribution in [0, 0.1) is 11.3 Å². The Labute approximate surface area is 97.5 Å². The first kappa shape index (κ1) is 13.4. The van der Waals surface area contributed by atoms with E-state index >= 15 is 0 Å². The van der Waals surface area contributed by atoms with Crippen LogP contribution >= 0.6 is 0 Å². The fourth-order valence-electron chi connectivity index (χ4n) is 1.89. The van der Waals surface area contributed by atoms with Gasteiger partial charge in [-0.1, -0.05) is 6.92 Å². The fourth-order valence-corrected chi connectivity index (χ4v) is 3.29. The lowest BCUT2D eigenvalue weighted by molar-refractivity contribution is 0.229. The quantitative estimate of drug-likeness (QED) is 0.707. The molecule has 1 heterocycles. The molecule has 0 aromatic carbocycles. The van der Waals surface area contributed by atoms with Gasteiger partial charge in [0.2, 0.25) is 10.0 Å². The molecule has 5 nitrogen and oxygen atoms in total. The summed E-state index contributed by atoms with van der Waals surface area (Å²) in [7, 11) is -3.09. The van der Waals surface area contributed by atoms with Gasteiger partial charge in [-0.15, -0.1) is 0 Å². The first-order valence-electron chi connectivity index (χ1n) is 5.66. The largest absolute Gasteiger partial charge is 0.290 e. The normalized spacial score (nSPS) is 19.5. The Morgan fingerprint density at radius 3 is 2.56 bits per heavy atom. The molecule has 0 aromatic rings. The highest BCUT2D eigenvalue weighted by molar-refractivity contribution is 7.89. The lowest BCUT2D eigenvalue weighted by Crippen LogP contribution is -2.45. The number of likely N-dealkylation sites (tertiary alicyclic amines) is 1. The molecular formula is C10H19N3O2S. The van der Waals surface area contributed by atoms with Crippen LogP contribution in [-0.2, 0) is 10.0 Å². The third-order valence-corrected chi connectivity index (χ3v) is 4.34. The molecule has 1 rings (SSSR count). The first-order valence-corrected chi connectivity index (χ1v) is 7.32. The van der Waals surface area contributed by atoms with Crippen molar-refractivity contribution in [1.29, 1.82) is 5.26 Å². The predicted octanol–water partition coefficient (Wildman–Crippen LogP) is 0.304. The van der Waals surface area contributed by atoms with E-state index in [1.807, 2.05) is 11.8 Å². The van der Waals surface area contributed by atoms with Crippen LogP contribution in [0.25, 0.3) is 0 Å². The molecule has 0 spiro atoms. The summed E-state index contributed by atoms with van der Waals surface area (Å²) < 4.78 is 25.8. The third kappa shape index (κ3) is 4.47. The van der Waals surface area contributed by atoms with Crippen molar-refractivity contribution in [3.05, 3.63) is 0 Å². The van der Waals surface area contributed by atoms with Gasteiger partial charge < -0.3 is 0 Å². The standard InChI is InChI=1S/C10H19N3O2S/c1-2-9-16(14,15)12-10-3-6-13(7-4-10)8-5-11/h10,12H,2-4,6-9H2,1H3. The average molecular weight is 245 g/mol. The molecule has 16 heavy (non-hydrogen) atoms. The molecule has 1 N–H and O–H groups in total. The van der Waals surface area contributed by atoms with Crippen molar-refractivity contribution in [3.63, 3.8) is 0 Å². The lowest BCUT2D eigenvalue weighted by atomic mass is 10.1. The highest BCUT2D eigenvalue weighted by Crippen LogP contribution is 2.10. The molecular weight excluding hydrogens is 226 g/mol. The van der Waals surface area contributed by atoms with Gasteiger partial charge in [0.15, 0.2) is 0 Å². The number of nitrogens with zero attached hydrogens (tertiary/aromatic N) is 2. The highest BCUT2D eigenvalue weighted by Gasteiger charge is 2.22. The van der Waals surface area contributed by atoms with Gasteiger partial charge in [-0.3, -0.25) is 4.90 Å². The Kier molecular flexibility index (Phi) is 5.19. The Morgan fingerprint density at radius 2 is 2.06 bits per heavy atom. The summed E-state index contributed by atoms with van der Waals surface area (Å²) in [5.74, 6) is 0.200. The molecule has 0 radical (unpaired) electrons. The maximum absolute atomic E-state index is 11.5. The Balaban J connectivity index is 2.35. The van der Waals surface area contributed by atoms with Crippen LogP contribution in [0.4, 0.5) is 0 Å². The maximum Gasteiger partial charge on any atom is 0.211 e. The van der Waals surface area contributed by atoms with Crippen LogP contribution in [0.2, 0.25) is 0 Å². The summed E-state index contributed by atoms with van der Waals surface area (Å²) in [5.41, 5.74) is 0. The van der Waals surface area contributed by atoms with Crippen LogP contribution in [0.15, 0.2) is 0 Å². The minimum Gasteiger partial charge on any atom is -0.290 e. The van der Waals surface area contributed by atoms with E-state index in [2.05, 4.69) is 10.8 Å². The summed E-state index contributed by atoms with van der Waals surface area (Å²) in [6.45, 7) is 3.89. The first-order chi connectivity index (χ1) is 7.57. The molecule has 0 aliphatic carbocycles. The smallest absolute Gasteiger partial charge is 0.211 e. The molecule has 0 unspecified atom stereocenters. The van der Waals surface area contributed by atoms with Gasteiger partial charge in [0, 0.05) is 19.1 Å². The van der Waals surface area contributed by atoms with E-state index in [1.54, 1.807) is 0 Å². The summed E-state index contributed by atoms with van der Waals surface area (Å²) >= 11 is 0. The highest BCUT2D eigenvalue weighted by atomic mass is 32.2. The molecule has 0 bridgehead atoms. The zero-order chi connectivity index (χ0) is 12.0. The second-order valence-electron chi connectivity index (χ2n) is 4.15. The molecule has 0 atom stereocenters. The van der Waals surface area contributed by atoms with Crippen molar-refractivity contribution >= 4 is 10.0 Å². The monoisotopic (exact) mass is 245 g/mol. The average Bonchev–Trinajstić information content (AvgIpc) is 2.21. The van der Waals surface area contributed by atoms with Crippen molar-refractivity contribution in [3.8, 4) is 6.07 Å². The predicted molar refractivity (Wildman–Crippen MR) is 62.3 cm³/mol. The van der Waals surface area contributed by atoms with Crippen molar-refractivity contribution < 1.29 is 8.42 Å². The number of hydrogen-bond acceptors (Lipinski definition) is 4. The van der Waals surface area contributed by atoms with Crippen LogP contribution < -0.4 is 4.72 Å². The molecule has 1 saturated heterocycles. The summed E-state index contributed by atoms with van der Waals surface area (Å²) in [4.78, 5) is 2.05. The van der Waals surface area contributed by atoms with Gasteiger partial charge >= 0.3 is 0 Å². The molecule has 1 aliphatic rings.